The number of anilines is 2. The van der Waals surface area contributed by atoms with E-state index in [9.17, 15) is 10.1 Å². The van der Waals surface area contributed by atoms with Gasteiger partial charge in [-0.2, -0.15) is 5.10 Å². The molecule has 10 heteroatoms. The Hall–Kier alpha value is -3.69. The summed E-state index contributed by atoms with van der Waals surface area (Å²) < 4.78 is 6.72. The van der Waals surface area contributed by atoms with Gasteiger partial charge in [-0.3, -0.25) is 10.1 Å². The van der Waals surface area contributed by atoms with Gasteiger partial charge in [0.05, 0.1) is 17.7 Å². The lowest BCUT2D eigenvalue weighted by molar-refractivity contribution is -0.384. The van der Waals surface area contributed by atoms with Gasteiger partial charge in [-0.25, -0.2) is 14.6 Å². The molecule has 0 saturated carbocycles. The van der Waals surface area contributed by atoms with E-state index in [0.717, 1.165) is 35.9 Å². The second-order valence-electron chi connectivity index (χ2n) is 7.14. The number of aromatic nitrogens is 4. The Morgan fingerprint density at radius 1 is 1.00 bits per heavy atom. The molecule has 1 saturated heterocycles. The first-order valence-electron chi connectivity index (χ1n) is 9.65. The van der Waals surface area contributed by atoms with Crippen molar-refractivity contribution >= 4 is 17.2 Å². The van der Waals surface area contributed by atoms with E-state index < -0.39 is 4.92 Å². The Balaban J connectivity index is 1.59. The van der Waals surface area contributed by atoms with Crippen LogP contribution in [0, 0.1) is 24.0 Å². The van der Waals surface area contributed by atoms with Gasteiger partial charge in [-0.1, -0.05) is 0 Å². The third-order valence-corrected chi connectivity index (χ3v) is 5.19. The van der Waals surface area contributed by atoms with Crippen LogP contribution in [0.2, 0.25) is 0 Å². The molecule has 2 aromatic heterocycles. The lowest BCUT2D eigenvalue weighted by Gasteiger charge is -2.36. The van der Waals surface area contributed by atoms with Crippen molar-refractivity contribution in [3.05, 3.63) is 58.2 Å². The number of rotatable bonds is 5. The second-order valence-corrected chi connectivity index (χ2v) is 7.14. The molecule has 0 N–H and O–H groups in total. The van der Waals surface area contributed by atoms with Crippen LogP contribution in [0.1, 0.15) is 11.4 Å². The van der Waals surface area contributed by atoms with E-state index in [1.54, 1.807) is 7.11 Å². The molecule has 0 spiro atoms. The molecule has 1 aliphatic rings. The summed E-state index contributed by atoms with van der Waals surface area (Å²) in [6.07, 6.45) is 1.37. The van der Waals surface area contributed by atoms with Gasteiger partial charge in [-0.15, -0.1) is 0 Å². The zero-order valence-electron chi connectivity index (χ0n) is 17.1. The quantitative estimate of drug-likeness (QED) is 0.468. The van der Waals surface area contributed by atoms with E-state index in [1.165, 1.54) is 11.0 Å². The molecule has 1 aliphatic heterocycles. The average molecular weight is 409 g/mol. The smallest absolute Gasteiger partial charge is 0.355 e. The minimum atomic E-state index is -0.420. The number of benzene rings is 1. The minimum Gasteiger partial charge on any atom is -0.497 e. The molecular weight excluding hydrogens is 386 g/mol. The topological polar surface area (TPSA) is 102 Å². The lowest BCUT2D eigenvalue weighted by Crippen LogP contribution is -2.47. The summed E-state index contributed by atoms with van der Waals surface area (Å²) in [5, 5.41) is 16.3. The molecule has 30 heavy (non-hydrogen) atoms. The monoisotopic (exact) mass is 409 g/mol. The van der Waals surface area contributed by atoms with Crippen molar-refractivity contribution < 1.29 is 9.66 Å². The maximum atomic E-state index is 12.0. The van der Waals surface area contributed by atoms with Crippen molar-refractivity contribution in [2.75, 3.05) is 43.1 Å². The molecular formula is C20H23N7O3. The number of hydrogen-bond donors (Lipinski definition) is 0. The third-order valence-electron chi connectivity index (χ3n) is 5.19. The van der Waals surface area contributed by atoms with Gasteiger partial charge >= 0.3 is 5.69 Å². The molecule has 0 radical (unpaired) electrons. The SMILES string of the molecule is COc1ccc(N2CCN(c3ncnc(-n4nc(C)cc4C)c3[N+](=O)[O-])CC2)cc1. The van der Waals surface area contributed by atoms with Crippen molar-refractivity contribution in [3.63, 3.8) is 0 Å². The van der Waals surface area contributed by atoms with Gasteiger partial charge < -0.3 is 14.5 Å². The van der Waals surface area contributed by atoms with E-state index in [-0.39, 0.29) is 11.5 Å². The lowest BCUT2D eigenvalue weighted by atomic mass is 10.2. The number of nitrogens with zero attached hydrogens (tertiary/aromatic N) is 7. The van der Waals surface area contributed by atoms with Crippen LogP contribution < -0.4 is 14.5 Å². The van der Waals surface area contributed by atoms with Crippen molar-refractivity contribution in [2.45, 2.75) is 13.8 Å². The minimum absolute atomic E-state index is 0.124. The molecule has 3 heterocycles. The molecule has 156 valence electrons. The fourth-order valence-electron chi connectivity index (χ4n) is 3.72. The van der Waals surface area contributed by atoms with Crippen molar-refractivity contribution in [3.8, 4) is 11.6 Å². The van der Waals surface area contributed by atoms with Crippen molar-refractivity contribution in [1.82, 2.24) is 19.7 Å². The highest BCUT2D eigenvalue weighted by Crippen LogP contribution is 2.32. The maximum Gasteiger partial charge on any atom is 0.355 e. The van der Waals surface area contributed by atoms with Crippen molar-refractivity contribution in [1.29, 1.82) is 0 Å². The van der Waals surface area contributed by atoms with Gasteiger partial charge in [-0.05, 0) is 44.2 Å². The number of ether oxygens (including phenoxy) is 1. The Bertz CT molecular complexity index is 1060. The molecule has 0 atom stereocenters. The fraction of sp³-hybridized carbons (Fsp3) is 0.350. The van der Waals surface area contributed by atoms with Crippen molar-refractivity contribution in [2.24, 2.45) is 0 Å². The summed E-state index contributed by atoms with van der Waals surface area (Å²) in [7, 11) is 1.64. The molecule has 0 aliphatic carbocycles. The third kappa shape index (κ3) is 3.63. The first-order chi connectivity index (χ1) is 14.5. The number of aryl methyl sites for hydroxylation is 2. The molecule has 1 fully saturated rings. The van der Waals surface area contributed by atoms with E-state index in [4.69, 9.17) is 4.74 Å². The molecule has 10 nitrogen and oxygen atoms in total. The Kier molecular flexibility index (Phi) is 5.21. The van der Waals surface area contributed by atoms with Gasteiger partial charge in [0.15, 0.2) is 0 Å². The van der Waals surface area contributed by atoms with Crippen LogP contribution in [-0.4, -0.2) is 58.0 Å². The summed E-state index contributed by atoms with van der Waals surface area (Å²) in [5.74, 6) is 1.32. The Morgan fingerprint density at radius 3 is 2.20 bits per heavy atom. The maximum absolute atomic E-state index is 12.0. The molecule has 4 rings (SSSR count). The Labute approximate surface area is 173 Å². The van der Waals surface area contributed by atoms with Crippen LogP contribution in [0.3, 0.4) is 0 Å². The Morgan fingerprint density at radius 2 is 1.63 bits per heavy atom. The van der Waals surface area contributed by atoms with Crippen LogP contribution in [0.15, 0.2) is 36.7 Å². The summed E-state index contributed by atoms with van der Waals surface area (Å²) >= 11 is 0. The zero-order chi connectivity index (χ0) is 21.3. The van der Waals surface area contributed by atoms with Crippen LogP contribution in [0.4, 0.5) is 17.2 Å². The highest BCUT2D eigenvalue weighted by molar-refractivity contribution is 5.66. The normalized spacial score (nSPS) is 14.1. The standard InChI is InChI=1S/C20H23N7O3/c1-14-12-15(2)26(23-14)20-18(27(28)29)19(21-13-22-20)25-10-8-24(9-11-25)16-4-6-17(30-3)7-5-16/h4-7,12-13H,8-11H2,1-3H3. The fourth-order valence-corrected chi connectivity index (χ4v) is 3.72. The number of methoxy groups -OCH3 is 1. The van der Waals surface area contributed by atoms with Gasteiger partial charge in [0, 0.05) is 37.6 Å². The van der Waals surface area contributed by atoms with Gasteiger partial charge in [0.25, 0.3) is 0 Å². The molecule has 3 aromatic rings. The van der Waals surface area contributed by atoms with Crippen LogP contribution in [0.5, 0.6) is 5.75 Å². The second kappa shape index (κ2) is 7.97. The molecule has 1 aromatic carbocycles. The summed E-state index contributed by atoms with van der Waals surface area (Å²) in [4.78, 5) is 24.2. The highest BCUT2D eigenvalue weighted by atomic mass is 16.6. The molecule has 0 bridgehead atoms. The first kappa shape index (κ1) is 19.6. The van der Waals surface area contributed by atoms with Crippen LogP contribution in [0.25, 0.3) is 5.82 Å². The first-order valence-corrected chi connectivity index (χ1v) is 9.65. The average Bonchev–Trinajstić information content (AvgIpc) is 3.11. The summed E-state index contributed by atoms with van der Waals surface area (Å²) in [5.41, 5.74) is 2.53. The predicted octanol–water partition coefficient (Wildman–Crippen LogP) is 2.52. The largest absolute Gasteiger partial charge is 0.497 e. The van der Waals surface area contributed by atoms with E-state index in [2.05, 4.69) is 20.0 Å². The summed E-state index contributed by atoms with van der Waals surface area (Å²) in [6, 6.07) is 9.75. The number of piperazine rings is 1. The zero-order valence-corrected chi connectivity index (χ0v) is 17.1. The summed E-state index contributed by atoms with van der Waals surface area (Å²) in [6.45, 7) is 6.36. The molecule has 0 amide bonds. The van der Waals surface area contributed by atoms with Crippen LogP contribution in [-0.2, 0) is 0 Å². The van der Waals surface area contributed by atoms with Gasteiger partial charge in [0.2, 0.25) is 11.6 Å². The van der Waals surface area contributed by atoms with E-state index in [1.807, 2.05) is 49.1 Å². The van der Waals surface area contributed by atoms with Gasteiger partial charge in [0.1, 0.15) is 12.1 Å². The van der Waals surface area contributed by atoms with E-state index in [0.29, 0.717) is 18.9 Å². The predicted molar refractivity (Wildman–Crippen MR) is 113 cm³/mol. The number of hydrogen-bond acceptors (Lipinski definition) is 8. The molecule has 0 unspecified atom stereocenters. The van der Waals surface area contributed by atoms with E-state index >= 15 is 0 Å². The number of nitro groups is 1. The highest BCUT2D eigenvalue weighted by Gasteiger charge is 2.31. The van der Waals surface area contributed by atoms with Crippen LogP contribution >= 0.6 is 0 Å².